The quantitative estimate of drug-likeness (QED) is 0.273. The summed E-state index contributed by atoms with van der Waals surface area (Å²) in [5.74, 6) is 1.26. The van der Waals surface area contributed by atoms with Crippen LogP contribution in [0.5, 0.6) is 11.5 Å². The second-order valence-corrected chi connectivity index (χ2v) is 10.7. The number of hydrogen-bond donors (Lipinski definition) is 2. The Bertz CT molecular complexity index is 1760. The number of likely N-dealkylation sites (N-methyl/N-ethyl adjacent to an activating group) is 1. The number of hydrogen-bond acceptors (Lipinski definition) is 7. The van der Waals surface area contributed by atoms with Crippen LogP contribution in [0.4, 0.5) is 4.39 Å². The maximum absolute atomic E-state index is 12.7. The topological polar surface area (TPSA) is 109 Å². The van der Waals surface area contributed by atoms with Crippen LogP contribution >= 0.6 is 0 Å². The molecule has 4 heterocycles. The zero-order chi connectivity index (χ0) is 30.0. The van der Waals surface area contributed by atoms with Crippen LogP contribution in [0.3, 0.4) is 0 Å². The number of amides is 1. The van der Waals surface area contributed by atoms with E-state index in [0.29, 0.717) is 46.9 Å². The first kappa shape index (κ1) is 29.0. The molecule has 3 aromatic heterocycles. The molecule has 1 saturated heterocycles. The molecule has 0 radical (unpaired) electrons. The van der Waals surface area contributed by atoms with Gasteiger partial charge in [-0.15, -0.1) is 0 Å². The van der Waals surface area contributed by atoms with Crippen molar-refractivity contribution in [3.8, 4) is 11.5 Å². The molecule has 1 aliphatic heterocycles. The van der Waals surface area contributed by atoms with E-state index >= 15 is 0 Å². The predicted octanol–water partition coefficient (Wildman–Crippen LogP) is 5.10. The number of nitrogens with zero attached hydrogens (tertiary/aromatic N) is 3. The Balaban J connectivity index is 0.000000199. The number of carbonyl (C=O) groups is 2. The maximum Gasteiger partial charge on any atom is 0.255 e. The average molecular weight is 573 g/mol. The molecule has 218 valence electrons. The van der Waals surface area contributed by atoms with Crippen molar-refractivity contribution in [1.82, 2.24) is 19.8 Å². The van der Waals surface area contributed by atoms with E-state index in [1.165, 1.54) is 12.1 Å². The monoisotopic (exact) mass is 572 g/mol. The van der Waals surface area contributed by atoms with E-state index in [0.717, 1.165) is 41.3 Å². The van der Waals surface area contributed by atoms with Gasteiger partial charge in [-0.1, -0.05) is 12.1 Å². The number of β-amino-alcohol motifs (C(OH)–C–C–N with tert-alkyl or cyclic N) is 1. The molecular formula is C32H33FN4O5. The first-order valence-electron chi connectivity index (χ1n) is 13.6. The van der Waals surface area contributed by atoms with E-state index in [1.54, 1.807) is 67.3 Å². The third kappa shape index (κ3) is 5.90. The zero-order valence-corrected chi connectivity index (χ0v) is 24.0. The van der Waals surface area contributed by atoms with Crippen molar-refractivity contribution in [2.75, 3.05) is 27.2 Å². The SMILES string of the molecule is CN1CCC(O)(Cc2ccc(F)cc2)C1.CNC(=O)c1c(C)oc2cc(Oc3ccnn4cc(C=O)c(C)c34)ccc12. The Kier molecular flexibility index (Phi) is 8.11. The number of likely N-dealkylation sites (tertiary alicyclic amines) is 1. The highest BCUT2D eigenvalue weighted by Gasteiger charge is 2.34. The first-order valence-corrected chi connectivity index (χ1v) is 13.6. The van der Waals surface area contributed by atoms with Gasteiger partial charge in [-0.25, -0.2) is 8.91 Å². The van der Waals surface area contributed by atoms with Crippen LogP contribution in [0.1, 0.15) is 44.0 Å². The number of halogens is 1. The van der Waals surface area contributed by atoms with E-state index in [2.05, 4.69) is 15.3 Å². The van der Waals surface area contributed by atoms with Gasteiger partial charge in [0.05, 0.1) is 17.4 Å². The van der Waals surface area contributed by atoms with Crippen LogP contribution in [0.15, 0.2) is 65.3 Å². The number of aromatic nitrogens is 2. The summed E-state index contributed by atoms with van der Waals surface area (Å²) in [7, 11) is 3.59. The highest BCUT2D eigenvalue weighted by Crippen LogP contribution is 2.33. The minimum atomic E-state index is -0.632. The number of fused-ring (bicyclic) bond motifs is 2. The summed E-state index contributed by atoms with van der Waals surface area (Å²) < 4.78 is 26.1. The Morgan fingerprint density at radius 2 is 1.98 bits per heavy atom. The fraction of sp³-hybridized carbons (Fsp3) is 0.281. The number of nitrogens with one attached hydrogen (secondary N) is 1. The fourth-order valence-corrected chi connectivity index (χ4v) is 5.43. The van der Waals surface area contributed by atoms with Crippen molar-refractivity contribution in [2.24, 2.45) is 0 Å². The van der Waals surface area contributed by atoms with Gasteiger partial charge >= 0.3 is 0 Å². The molecule has 42 heavy (non-hydrogen) atoms. The van der Waals surface area contributed by atoms with Gasteiger partial charge in [0.2, 0.25) is 0 Å². The molecule has 10 heteroatoms. The van der Waals surface area contributed by atoms with E-state index in [-0.39, 0.29) is 11.7 Å². The van der Waals surface area contributed by atoms with Crippen molar-refractivity contribution in [2.45, 2.75) is 32.3 Å². The fourth-order valence-electron chi connectivity index (χ4n) is 5.43. The first-order chi connectivity index (χ1) is 20.1. The van der Waals surface area contributed by atoms with Gasteiger partial charge in [0.25, 0.3) is 5.91 Å². The number of furan rings is 1. The molecule has 0 saturated carbocycles. The van der Waals surface area contributed by atoms with Crippen LogP contribution in [-0.2, 0) is 6.42 Å². The molecule has 0 aliphatic carbocycles. The molecule has 5 aromatic rings. The second-order valence-electron chi connectivity index (χ2n) is 10.7. The highest BCUT2D eigenvalue weighted by atomic mass is 19.1. The minimum absolute atomic E-state index is 0.194. The summed E-state index contributed by atoms with van der Waals surface area (Å²) in [5.41, 5.74) is 3.52. The van der Waals surface area contributed by atoms with Crippen molar-refractivity contribution in [3.63, 3.8) is 0 Å². The number of carbonyl (C=O) groups excluding carboxylic acids is 2. The highest BCUT2D eigenvalue weighted by molar-refractivity contribution is 6.07. The maximum atomic E-state index is 12.7. The van der Waals surface area contributed by atoms with E-state index in [9.17, 15) is 19.1 Å². The summed E-state index contributed by atoms with van der Waals surface area (Å²) in [6.07, 6.45) is 5.47. The average Bonchev–Trinajstić information content (AvgIpc) is 3.61. The summed E-state index contributed by atoms with van der Waals surface area (Å²) in [6.45, 7) is 5.23. The Morgan fingerprint density at radius 3 is 2.64 bits per heavy atom. The summed E-state index contributed by atoms with van der Waals surface area (Å²) in [6, 6.07) is 13.4. The van der Waals surface area contributed by atoms with Crippen molar-refractivity contribution < 1.29 is 28.2 Å². The van der Waals surface area contributed by atoms with Crippen molar-refractivity contribution >= 4 is 28.7 Å². The van der Waals surface area contributed by atoms with Crippen LogP contribution in [-0.4, -0.2) is 64.6 Å². The number of aryl methyl sites for hydroxylation is 2. The molecule has 1 fully saturated rings. The Morgan fingerprint density at radius 1 is 1.21 bits per heavy atom. The number of rotatable bonds is 6. The standard InChI is InChI=1S/C20H17N3O4.C12H16FNO/c1-11-13(10-24)9-23-19(11)16(6-7-22-23)27-14-4-5-15-17(8-14)26-12(2)18(15)20(25)21-3;1-14-7-6-12(15,9-14)8-10-2-4-11(13)5-3-10/h4-10H,1-3H3,(H,21,25);2-5,15H,6-9H2,1H3. The number of aldehydes is 1. The number of benzene rings is 2. The lowest BCUT2D eigenvalue weighted by atomic mass is 9.94. The van der Waals surface area contributed by atoms with Gasteiger partial charge in [0, 0.05) is 55.8 Å². The summed E-state index contributed by atoms with van der Waals surface area (Å²) >= 11 is 0. The second kappa shape index (κ2) is 11.8. The lowest BCUT2D eigenvalue weighted by Crippen LogP contribution is -2.34. The normalized spacial score (nSPS) is 16.8. The summed E-state index contributed by atoms with van der Waals surface area (Å²) in [4.78, 5) is 25.4. The van der Waals surface area contributed by atoms with Gasteiger partial charge in [-0.05, 0) is 62.7 Å². The van der Waals surface area contributed by atoms with Crippen molar-refractivity contribution in [3.05, 3.63) is 94.8 Å². The lowest BCUT2D eigenvalue weighted by molar-refractivity contribution is 0.0523. The molecule has 1 atom stereocenters. The lowest BCUT2D eigenvalue weighted by Gasteiger charge is -2.22. The molecule has 1 unspecified atom stereocenters. The number of ether oxygens (including phenoxy) is 1. The minimum Gasteiger partial charge on any atom is -0.460 e. The van der Waals surface area contributed by atoms with Crippen LogP contribution in [0.25, 0.3) is 16.5 Å². The Labute approximate surface area is 242 Å². The predicted molar refractivity (Wildman–Crippen MR) is 157 cm³/mol. The van der Waals surface area contributed by atoms with Gasteiger partial charge in [-0.3, -0.25) is 9.59 Å². The van der Waals surface area contributed by atoms with E-state index < -0.39 is 5.60 Å². The smallest absolute Gasteiger partial charge is 0.255 e. The molecule has 0 bridgehead atoms. The molecule has 1 aliphatic rings. The molecule has 2 aromatic carbocycles. The number of aliphatic hydroxyl groups is 1. The largest absolute Gasteiger partial charge is 0.460 e. The van der Waals surface area contributed by atoms with Crippen LogP contribution < -0.4 is 10.1 Å². The van der Waals surface area contributed by atoms with Crippen LogP contribution in [0.2, 0.25) is 0 Å². The van der Waals surface area contributed by atoms with Gasteiger partial charge in [0.15, 0.2) is 12.0 Å². The molecule has 2 N–H and O–H groups in total. The molecule has 0 spiro atoms. The Hall–Kier alpha value is -4.54. The third-order valence-corrected chi connectivity index (χ3v) is 7.55. The molecule has 1 amide bonds. The molecule has 6 rings (SSSR count). The van der Waals surface area contributed by atoms with E-state index in [4.69, 9.17) is 9.15 Å². The molecular weight excluding hydrogens is 539 g/mol. The van der Waals surface area contributed by atoms with Gasteiger partial charge < -0.3 is 24.5 Å². The van der Waals surface area contributed by atoms with Crippen LogP contribution in [0, 0.1) is 19.7 Å². The van der Waals surface area contributed by atoms with Gasteiger partial charge in [0.1, 0.15) is 28.4 Å². The third-order valence-electron chi connectivity index (χ3n) is 7.55. The van der Waals surface area contributed by atoms with E-state index in [1.807, 2.05) is 14.0 Å². The van der Waals surface area contributed by atoms with Crippen molar-refractivity contribution in [1.29, 1.82) is 0 Å². The molecule has 9 nitrogen and oxygen atoms in total. The summed E-state index contributed by atoms with van der Waals surface area (Å²) in [5, 5.41) is 17.8. The zero-order valence-electron chi connectivity index (χ0n) is 24.0. The van der Waals surface area contributed by atoms with Gasteiger partial charge in [-0.2, -0.15) is 5.10 Å².